The van der Waals surface area contributed by atoms with Crippen molar-refractivity contribution < 1.29 is 4.74 Å². The van der Waals surface area contributed by atoms with Crippen LogP contribution in [-0.4, -0.2) is 6.61 Å². The monoisotopic (exact) mass is 190 g/mol. The van der Waals surface area contributed by atoms with Crippen molar-refractivity contribution in [1.29, 1.82) is 5.26 Å². The number of nitrogen functional groups attached to an aromatic ring is 1. The molecule has 0 spiro atoms. The molecule has 0 unspecified atom stereocenters. The average molecular weight is 190 g/mol. The third kappa shape index (κ3) is 2.98. The lowest BCUT2D eigenvalue weighted by molar-refractivity contribution is 0.314. The first-order valence-corrected chi connectivity index (χ1v) is 4.60. The Hall–Kier alpha value is -1.69. The van der Waals surface area contributed by atoms with E-state index in [0.717, 1.165) is 12.0 Å². The van der Waals surface area contributed by atoms with Crippen molar-refractivity contribution in [2.24, 2.45) is 0 Å². The summed E-state index contributed by atoms with van der Waals surface area (Å²) in [6, 6.07) is 7.75. The first kappa shape index (κ1) is 10.4. The highest BCUT2D eigenvalue weighted by Gasteiger charge is 1.99. The predicted molar refractivity (Wildman–Crippen MR) is 55.9 cm³/mol. The molecule has 0 amide bonds. The topological polar surface area (TPSA) is 59.0 Å². The Kier molecular flexibility index (Phi) is 3.81. The quantitative estimate of drug-likeness (QED) is 0.585. The summed E-state index contributed by atoms with van der Waals surface area (Å²) < 4.78 is 5.42. The van der Waals surface area contributed by atoms with Crippen LogP contribution >= 0.6 is 0 Å². The van der Waals surface area contributed by atoms with Gasteiger partial charge in [-0.25, -0.2) is 0 Å². The second-order valence-corrected chi connectivity index (χ2v) is 3.15. The number of nitrogens with zero attached hydrogens (tertiary/aromatic N) is 1. The van der Waals surface area contributed by atoms with Gasteiger partial charge < -0.3 is 10.5 Å². The molecule has 3 heteroatoms. The van der Waals surface area contributed by atoms with Gasteiger partial charge in [-0.3, -0.25) is 0 Å². The highest BCUT2D eigenvalue weighted by molar-refractivity contribution is 5.53. The van der Waals surface area contributed by atoms with Crippen LogP contribution in [0.15, 0.2) is 18.2 Å². The van der Waals surface area contributed by atoms with E-state index in [-0.39, 0.29) is 0 Å². The van der Waals surface area contributed by atoms with Crippen LogP contribution in [0.2, 0.25) is 0 Å². The number of anilines is 1. The molecular weight excluding hydrogens is 176 g/mol. The summed E-state index contributed by atoms with van der Waals surface area (Å²) in [7, 11) is 0. The summed E-state index contributed by atoms with van der Waals surface area (Å²) in [5.74, 6) is 0.702. The Morgan fingerprint density at radius 1 is 1.50 bits per heavy atom. The van der Waals surface area contributed by atoms with Gasteiger partial charge in [0.25, 0.3) is 0 Å². The SMILES string of the molecule is Cc1ccc(OCCCC#N)c(N)c1. The minimum Gasteiger partial charge on any atom is -0.491 e. The smallest absolute Gasteiger partial charge is 0.142 e. The van der Waals surface area contributed by atoms with Crippen molar-refractivity contribution in [3.8, 4) is 11.8 Å². The van der Waals surface area contributed by atoms with E-state index in [2.05, 4.69) is 6.07 Å². The minimum absolute atomic E-state index is 0.520. The van der Waals surface area contributed by atoms with Gasteiger partial charge in [0.1, 0.15) is 5.75 Å². The fraction of sp³-hybridized carbons (Fsp3) is 0.364. The number of hydrogen-bond acceptors (Lipinski definition) is 3. The zero-order valence-corrected chi connectivity index (χ0v) is 8.29. The maximum atomic E-state index is 8.32. The maximum Gasteiger partial charge on any atom is 0.142 e. The second kappa shape index (κ2) is 5.13. The van der Waals surface area contributed by atoms with Crippen LogP contribution in [0.3, 0.4) is 0 Å². The number of nitriles is 1. The first-order valence-electron chi connectivity index (χ1n) is 4.60. The van der Waals surface area contributed by atoms with Gasteiger partial charge in [-0.1, -0.05) is 6.07 Å². The summed E-state index contributed by atoms with van der Waals surface area (Å²) in [6.45, 7) is 2.52. The summed E-state index contributed by atoms with van der Waals surface area (Å²) in [5, 5.41) is 8.32. The van der Waals surface area contributed by atoms with Gasteiger partial charge in [-0.2, -0.15) is 5.26 Å². The predicted octanol–water partition coefficient (Wildman–Crippen LogP) is 2.26. The number of rotatable bonds is 4. The zero-order valence-electron chi connectivity index (χ0n) is 8.29. The molecule has 1 aromatic rings. The van der Waals surface area contributed by atoms with Gasteiger partial charge in [0.15, 0.2) is 0 Å². The van der Waals surface area contributed by atoms with Crippen LogP contribution in [0.25, 0.3) is 0 Å². The van der Waals surface area contributed by atoms with Crippen LogP contribution in [0.5, 0.6) is 5.75 Å². The molecule has 3 nitrogen and oxygen atoms in total. The summed E-state index contributed by atoms with van der Waals surface area (Å²) >= 11 is 0. The zero-order chi connectivity index (χ0) is 10.4. The van der Waals surface area contributed by atoms with Crippen LogP contribution in [0.4, 0.5) is 5.69 Å². The molecule has 74 valence electrons. The maximum absolute atomic E-state index is 8.32. The molecule has 0 atom stereocenters. The first-order chi connectivity index (χ1) is 6.74. The van der Waals surface area contributed by atoms with E-state index in [1.165, 1.54) is 0 Å². The highest BCUT2D eigenvalue weighted by atomic mass is 16.5. The van der Waals surface area contributed by atoms with Crippen molar-refractivity contribution in [3.05, 3.63) is 23.8 Å². The van der Waals surface area contributed by atoms with E-state index in [9.17, 15) is 0 Å². The van der Waals surface area contributed by atoms with Gasteiger partial charge in [0.05, 0.1) is 18.4 Å². The molecule has 0 radical (unpaired) electrons. The molecule has 0 aromatic heterocycles. The highest BCUT2D eigenvalue weighted by Crippen LogP contribution is 2.22. The van der Waals surface area contributed by atoms with Crippen LogP contribution in [0, 0.1) is 18.3 Å². The Balaban J connectivity index is 2.47. The standard InChI is InChI=1S/C11H14N2O/c1-9-4-5-11(10(13)8-9)14-7-3-2-6-12/h4-5,8H,2-3,7,13H2,1H3. The molecule has 0 saturated heterocycles. The van der Waals surface area contributed by atoms with Gasteiger partial charge in [0.2, 0.25) is 0 Å². The molecule has 0 bridgehead atoms. The third-order valence-corrected chi connectivity index (χ3v) is 1.86. The molecule has 14 heavy (non-hydrogen) atoms. The van der Waals surface area contributed by atoms with Gasteiger partial charge in [0, 0.05) is 6.42 Å². The second-order valence-electron chi connectivity index (χ2n) is 3.15. The lowest BCUT2D eigenvalue weighted by Crippen LogP contribution is -2.00. The third-order valence-electron chi connectivity index (χ3n) is 1.86. The molecule has 0 heterocycles. The Labute approximate surface area is 84.1 Å². The van der Waals surface area contributed by atoms with Crippen LogP contribution < -0.4 is 10.5 Å². The summed E-state index contributed by atoms with van der Waals surface area (Å²) in [4.78, 5) is 0. The number of benzene rings is 1. The van der Waals surface area contributed by atoms with E-state index < -0.39 is 0 Å². The van der Waals surface area contributed by atoms with E-state index in [0.29, 0.717) is 24.5 Å². The fourth-order valence-corrected chi connectivity index (χ4v) is 1.13. The van der Waals surface area contributed by atoms with Crippen molar-refractivity contribution >= 4 is 5.69 Å². The van der Waals surface area contributed by atoms with Crippen molar-refractivity contribution in [2.75, 3.05) is 12.3 Å². The van der Waals surface area contributed by atoms with Gasteiger partial charge in [-0.05, 0) is 31.0 Å². The number of nitrogens with two attached hydrogens (primary N) is 1. The van der Waals surface area contributed by atoms with Crippen LogP contribution in [-0.2, 0) is 0 Å². The number of ether oxygens (including phenoxy) is 1. The largest absolute Gasteiger partial charge is 0.491 e. The van der Waals surface area contributed by atoms with Crippen LogP contribution in [0.1, 0.15) is 18.4 Å². The molecular formula is C11H14N2O. The molecule has 0 aliphatic carbocycles. The van der Waals surface area contributed by atoms with E-state index in [1.807, 2.05) is 25.1 Å². The lowest BCUT2D eigenvalue weighted by atomic mass is 10.2. The Bertz CT molecular complexity index is 342. The van der Waals surface area contributed by atoms with E-state index in [1.54, 1.807) is 0 Å². The summed E-state index contributed by atoms with van der Waals surface area (Å²) in [5.41, 5.74) is 7.52. The molecule has 2 N–H and O–H groups in total. The average Bonchev–Trinajstić information content (AvgIpc) is 2.15. The van der Waals surface area contributed by atoms with Crippen molar-refractivity contribution in [3.63, 3.8) is 0 Å². The summed E-state index contributed by atoms with van der Waals surface area (Å²) in [6.07, 6.45) is 1.26. The van der Waals surface area contributed by atoms with E-state index in [4.69, 9.17) is 15.7 Å². The van der Waals surface area contributed by atoms with Crippen molar-refractivity contribution in [1.82, 2.24) is 0 Å². The molecule has 0 saturated carbocycles. The molecule has 1 aromatic carbocycles. The Morgan fingerprint density at radius 3 is 2.93 bits per heavy atom. The number of hydrogen-bond donors (Lipinski definition) is 1. The van der Waals surface area contributed by atoms with Gasteiger partial charge in [-0.15, -0.1) is 0 Å². The minimum atomic E-state index is 0.520. The van der Waals surface area contributed by atoms with E-state index >= 15 is 0 Å². The normalized spacial score (nSPS) is 9.43. The number of aryl methyl sites for hydroxylation is 1. The lowest BCUT2D eigenvalue weighted by Gasteiger charge is -2.08. The molecule has 0 aliphatic heterocycles. The Morgan fingerprint density at radius 2 is 2.29 bits per heavy atom. The molecule has 0 fully saturated rings. The number of unbranched alkanes of at least 4 members (excludes halogenated alkanes) is 1. The van der Waals surface area contributed by atoms with Gasteiger partial charge >= 0.3 is 0 Å². The van der Waals surface area contributed by atoms with Crippen molar-refractivity contribution in [2.45, 2.75) is 19.8 Å². The molecule has 1 rings (SSSR count). The fourth-order valence-electron chi connectivity index (χ4n) is 1.13. The molecule has 0 aliphatic rings.